The van der Waals surface area contributed by atoms with Crippen LogP contribution in [0.25, 0.3) is 0 Å². The molecule has 0 spiro atoms. The van der Waals surface area contributed by atoms with Gasteiger partial charge in [0.1, 0.15) is 5.03 Å². The zero-order valence-electron chi connectivity index (χ0n) is 10.7. The smallest absolute Gasteiger partial charge is 0.335 e. The van der Waals surface area contributed by atoms with Crippen molar-refractivity contribution in [2.45, 2.75) is 5.03 Å². The molecule has 1 heterocycles. The van der Waals surface area contributed by atoms with E-state index < -0.39 is 5.97 Å². The first-order valence-electron chi connectivity index (χ1n) is 5.75. The number of carbonyl (C=O) groups excluding carboxylic acids is 1. The zero-order chi connectivity index (χ0) is 14.5. The topological polar surface area (TPSA) is 79.3 Å². The van der Waals surface area contributed by atoms with Crippen LogP contribution >= 0.6 is 11.8 Å². The molecule has 0 aliphatic carbocycles. The van der Waals surface area contributed by atoms with Gasteiger partial charge in [0.25, 0.3) is 5.91 Å². The van der Waals surface area contributed by atoms with Crippen LogP contribution in [-0.2, 0) is 0 Å². The third-order valence-electron chi connectivity index (χ3n) is 2.60. The van der Waals surface area contributed by atoms with Crippen LogP contribution in [0.15, 0.2) is 47.6 Å². The first kappa shape index (κ1) is 14.1. The lowest BCUT2D eigenvalue weighted by Gasteiger charge is -2.07. The summed E-state index contributed by atoms with van der Waals surface area (Å²) in [5.74, 6) is -1.27. The normalized spacial score (nSPS) is 10.1. The van der Waals surface area contributed by atoms with Crippen molar-refractivity contribution in [3.8, 4) is 0 Å². The molecule has 2 rings (SSSR count). The van der Waals surface area contributed by atoms with Crippen molar-refractivity contribution in [1.29, 1.82) is 0 Å². The summed E-state index contributed by atoms with van der Waals surface area (Å²) < 4.78 is 0. The predicted octanol–water partition coefficient (Wildman–Crippen LogP) is 2.75. The van der Waals surface area contributed by atoms with Crippen molar-refractivity contribution in [1.82, 2.24) is 4.98 Å². The predicted molar refractivity (Wildman–Crippen MR) is 77.4 cm³/mol. The molecule has 0 saturated heterocycles. The van der Waals surface area contributed by atoms with Crippen molar-refractivity contribution >= 4 is 29.3 Å². The van der Waals surface area contributed by atoms with Crippen LogP contribution in [0.3, 0.4) is 0 Å². The van der Waals surface area contributed by atoms with Gasteiger partial charge < -0.3 is 10.4 Å². The molecule has 0 bridgehead atoms. The fourth-order valence-electron chi connectivity index (χ4n) is 1.62. The number of pyridine rings is 1. The number of benzene rings is 1. The van der Waals surface area contributed by atoms with Crippen molar-refractivity contribution in [2.75, 3.05) is 11.6 Å². The molecule has 2 aromatic rings. The number of carboxylic acid groups (broad SMARTS) is 1. The lowest BCUT2D eigenvalue weighted by molar-refractivity contribution is 0.0696. The summed E-state index contributed by atoms with van der Waals surface area (Å²) >= 11 is 1.39. The molecule has 1 amide bonds. The van der Waals surface area contributed by atoms with Crippen LogP contribution in [0.2, 0.25) is 0 Å². The number of aromatic carboxylic acids is 1. The minimum absolute atomic E-state index is 0.175. The first-order chi connectivity index (χ1) is 9.61. The van der Waals surface area contributed by atoms with E-state index in [0.717, 1.165) is 0 Å². The lowest BCUT2D eigenvalue weighted by Crippen LogP contribution is -2.13. The van der Waals surface area contributed by atoms with E-state index in [4.69, 9.17) is 5.11 Å². The maximum atomic E-state index is 12.1. The largest absolute Gasteiger partial charge is 0.478 e. The van der Waals surface area contributed by atoms with Crippen molar-refractivity contribution in [3.63, 3.8) is 0 Å². The first-order valence-corrected chi connectivity index (χ1v) is 6.98. The fraction of sp³-hybridized carbons (Fsp3) is 0.0714. The second kappa shape index (κ2) is 6.21. The number of aromatic nitrogens is 1. The molecule has 0 atom stereocenters. The molecule has 0 aliphatic rings. The molecule has 102 valence electrons. The van der Waals surface area contributed by atoms with Crippen LogP contribution in [-0.4, -0.2) is 28.2 Å². The molecule has 5 nitrogen and oxygen atoms in total. The molecule has 20 heavy (non-hydrogen) atoms. The Morgan fingerprint density at radius 3 is 2.50 bits per heavy atom. The highest BCUT2D eigenvalue weighted by Gasteiger charge is 2.12. The molecule has 1 aromatic heterocycles. The minimum atomic E-state index is -1.00. The molecule has 6 heteroatoms. The average Bonchev–Trinajstić information content (AvgIpc) is 2.47. The molecule has 0 fully saturated rings. The Morgan fingerprint density at radius 1 is 1.20 bits per heavy atom. The van der Waals surface area contributed by atoms with Crippen LogP contribution < -0.4 is 5.32 Å². The number of carboxylic acids is 1. The van der Waals surface area contributed by atoms with Gasteiger partial charge in [-0.05, 0) is 42.7 Å². The summed E-state index contributed by atoms with van der Waals surface area (Å²) in [6.45, 7) is 0. The molecule has 2 N–H and O–H groups in total. The molecule has 0 radical (unpaired) electrons. The van der Waals surface area contributed by atoms with Crippen LogP contribution in [0, 0.1) is 0 Å². The number of amides is 1. The average molecular weight is 288 g/mol. The van der Waals surface area contributed by atoms with Gasteiger partial charge in [-0.1, -0.05) is 0 Å². The number of carbonyl (C=O) groups is 2. The minimum Gasteiger partial charge on any atom is -0.478 e. The van der Waals surface area contributed by atoms with E-state index in [1.54, 1.807) is 30.5 Å². The maximum Gasteiger partial charge on any atom is 0.335 e. The highest BCUT2D eigenvalue weighted by atomic mass is 32.2. The summed E-state index contributed by atoms with van der Waals surface area (Å²) in [5, 5.41) is 12.2. The van der Waals surface area contributed by atoms with E-state index in [1.165, 1.54) is 23.9 Å². The van der Waals surface area contributed by atoms with Gasteiger partial charge in [-0.25, -0.2) is 9.78 Å². The second-order valence-corrected chi connectivity index (χ2v) is 4.69. The highest BCUT2D eigenvalue weighted by molar-refractivity contribution is 7.98. The van der Waals surface area contributed by atoms with Gasteiger partial charge in [0, 0.05) is 11.9 Å². The van der Waals surface area contributed by atoms with Crippen molar-refractivity contribution in [3.05, 3.63) is 53.7 Å². The Kier molecular flexibility index (Phi) is 4.37. The standard InChI is InChI=1S/C14H12N2O3S/c1-20-13-11(3-2-8-15-13)12(17)16-10-6-4-9(5-7-10)14(18)19/h2-8H,1H3,(H,16,17)(H,18,19). The van der Waals surface area contributed by atoms with Gasteiger partial charge in [0.15, 0.2) is 0 Å². The molecule has 1 aromatic carbocycles. The van der Waals surface area contributed by atoms with E-state index in [0.29, 0.717) is 16.3 Å². The lowest BCUT2D eigenvalue weighted by atomic mass is 10.2. The summed E-state index contributed by atoms with van der Waals surface area (Å²) in [4.78, 5) is 27.0. The number of hydrogen-bond acceptors (Lipinski definition) is 4. The Morgan fingerprint density at radius 2 is 1.90 bits per heavy atom. The molecule has 0 saturated carbocycles. The van der Waals surface area contributed by atoms with Crippen LogP contribution in [0.5, 0.6) is 0 Å². The van der Waals surface area contributed by atoms with E-state index in [2.05, 4.69) is 10.3 Å². The highest BCUT2D eigenvalue weighted by Crippen LogP contribution is 2.18. The van der Waals surface area contributed by atoms with Gasteiger partial charge in [-0.2, -0.15) is 0 Å². The number of nitrogens with zero attached hydrogens (tertiary/aromatic N) is 1. The zero-order valence-corrected chi connectivity index (χ0v) is 11.5. The summed E-state index contributed by atoms with van der Waals surface area (Å²) in [6, 6.07) is 9.38. The van der Waals surface area contributed by atoms with Gasteiger partial charge in [-0.3, -0.25) is 4.79 Å². The SMILES string of the molecule is CSc1ncccc1C(=O)Nc1ccc(C(=O)O)cc1. The number of thioether (sulfide) groups is 1. The van der Waals surface area contributed by atoms with Crippen molar-refractivity contribution in [2.24, 2.45) is 0 Å². The molecular formula is C14H12N2O3S. The number of anilines is 1. The Hall–Kier alpha value is -2.34. The maximum absolute atomic E-state index is 12.1. The summed E-state index contributed by atoms with van der Waals surface area (Å²) in [7, 11) is 0. The second-order valence-electron chi connectivity index (χ2n) is 3.90. The number of hydrogen-bond donors (Lipinski definition) is 2. The van der Waals surface area contributed by atoms with Gasteiger partial charge in [-0.15, -0.1) is 11.8 Å². The Balaban J connectivity index is 2.17. The van der Waals surface area contributed by atoms with Crippen LogP contribution in [0.1, 0.15) is 20.7 Å². The summed E-state index contributed by atoms with van der Waals surface area (Å²) in [5.41, 5.74) is 1.20. The third kappa shape index (κ3) is 3.16. The van der Waals surface area contributed by atoms with E-state index in [9.17, 15) is 9.59 Å². The fourth-order valence-corrected chi connectivity index (χ4v) is 2.17. The van der Waals surface area contributed by atoms with E-state index in [-0.39, 0.29) is 11.5 Å². The molecular weight excluding hydrogens is 276 g/mol. The quantitative estimate of drug-likeness (QED) is 0.846. The van der Waals surface area contributed by atoms with Gasteiger partial charge in [0.2, 0.25) is 0 Å². The van der Waals surface area contributed by atoms with Crippen LogP contribution in [0.4, 0.5) is 5.69 Å². The Bertz CT molecular complexity index is 641. The monoisotopic (exact) mass is 288 g/mol. The molecule has 0 unspecified atom stereocenters. The van der Waals surface area contributed by atoms with E-state index in [1.807, 2.05) is 6.26 Å². The van der Waals surface area contributed by atoms with Gasteiger partial charge >= 0.3 is 5.97 Å². The number of nitrogens with one attached hydrogen (secondary N) is 1. The third-order valence-corrected chi connectivity index (χ3v) is 3.31. The van der Waals surface area contributed by atoms with Gasteiger partial charge in [0.05, 0.1) is 11.1 Å². The number of rotatable bonds is 4. The summed E-state index contributed by atoms with van der Waals surface area (Å²) in [6.07, 6.45) is 3.48. The molecule has 0 aliphatic heterocycles. The Labute approximate surface area is 120 Å². The van der Waals surface area contributed by atoms with E-state index >= 15 is 0 Å². The van der Waals surface area contributed by atoms with Crippen molar-refractivity contribution < 1.29 is 14.7 Å².